The predicted octanol–water partition coefficient (Wildman–Crippen LogP) is 4.90. The normalized spacial score (nSPS) is 11.7. The minimum absolute atomic E-state index is 0.685. The van der Waals surface area contributed by atoms with Crippen LogP contribution in [0.25, 0.3) is 23.2 Å². The van der Waals surface area contributed by atoms with Crippen LogP contribution < -0.4 is 4.74 Å². The lowest BCUT2D eigenvalue weighted by molar-refractivity contribution is 0.245. The number of aromatic nitrogens is 2. The first kappa shape index (κ1) is 18.2. The van der Waals surface area contributed by atoms with E-state index in [-0.39, 0.29) is 0 Å². The van der Waals surface area contributed by atoms with E-state index in [1.807, 2.05) is 25.1 Å². The van der Waals surface area contributed by atoms with Crippen molar-refractivity contribution in [2.75, 3.05) is 19.7 Å². The molecule has 0 fully saturated rings. The van der Waals surface area contributed by atoms with E-state index in [2.05, 4.69) is 65.8 Å². The minimum Gasteiger partial charge on any atom is -0.494 e. The van der Waals surface area contributed by atoms with Gasteiger partial charge in [-0.2, -0.15) is 0 Å². The molecule has 136 valence electrons. The number of ether oxygens (including phenoxy) is 1. The van der Waals surface area contributed by atoms with E-state index < -0.39 is 0 Å². The fourth-order valence-corrected chi connectivity index (χ4v) is 3.01. The van der Waals surface area contributed by atoms with Crippen molar-refractivity contribution in [1.29, 1.82) is 0 Å². The predicted molar refractivity (Wildman–Crippen MR) is 109 cm³/mol. The molecule has 3 rings (SSSR count). The van der Waals surface area contributed by atoms with Crippen LogP contribution in [0.3, 0.4) is 0 Å². The van der Waals surface area contributed by atoms with Gasteiger partial charge in [-0.05, 0) is 55.9 Å². The maximum absolute atomic E-state index is 5.51. The van der Waals surface area contributed by atoms with E-state index in [0.29, 0.717) is 6.61 Å². The molecule has 26 heavy (non-hydrogen) atoms. The Balaban J connectivity index is 1.90. The summed E-state index contributed by atoms with van der Waals surface area (Å²) in [4.78, 5) is 7.21. The molecule has 1 aromatic heterocycles. The van der Waals surface area contributed by atoms with Crippen LogP contribution >= 0.6 is 0 Å². The van der Waals surface area contributed by atoms with E-state index in [1.54, 1.807) is 0 Å². The van der Waals surface area contributed by atoms with Crippen LogP contribution in [0.4, 0.5) is 0 Å². The molecule has 4 heteroatoms. The lowest BCUT2D eigenvalue weighted by atomic mass is 10.2. The molecule has 0 saturated heterocycles. The Morgan fingerprint density at radius 1 is 0.962 bits per heavy atom. The summed E-state index contributed by atoms with van der Waals surface area (Å²) in [6.45, 7) is 9.95. The molecule has 1 heterocycles. The van der Waals surface area contributed by atoms with Gasteiger partial charge in [0.1, 0.15) is 11.6 Å². The van der Waals surface area contributed by atoms with Crippen molar-refractivity contribution < 1.29 is 4.74 Å². The van der Waals surface area contributed by atoms with Gasteiger partial charge in [-0.3, -0.25) is 4.90 Å². The molecule has 0 saturated carbocycles. The van der Waals surface area contributed by atoms with Crippen LogP contribution in [-0.4, -0.2) is 34.1 Å². The molecule has 0 amide bonds. The number of fused-ring (bicyclic) bond motifs is 1. The number of imidazole rings is 1. The first-order valence-electron chi connectivity index (χ1n) is 9.33. The van der Waals surface area contributed by atoms with E-state index in [1.165, 1.54) is 5.52 Å². The highest BCUT2D eigenvalue weighted by Gasteiger charge is 2.10. The van der Waals surface area contributed by atoms with Gasteiger partial charge in [-0.25, -0.2) is 4.98 Å². The zero-order valence-electron chi connectivity index (χ0n) is 15.9. The number of benzene rings is 2. The van der Waals surface area contributed by atoms with Gasteiger partial charge in [0.15, 0.2) is 0 Å². The second-order valence-corrected chi connectivity index (χ2v) is 6.17. The van der Waals surface area contributed by atoms with E-state index in [4.69, 9.17) is 9.72 Å². The Morgan fingerprint density at radius 3 is 2.38 bits per heavy atom. The third kappa shape index (κ3) is 4.14. The SMILES string of the molecule is CCOc1ccc(/C=C/c2nc3ccccc3n2CN(CC)CC)cc1. The van der Waals surface area contributed by atoms with Crippen LogP contribution in [0, 0.1) is 0 Å². The second kappa shape index (κ2) is 8.68. The third-order valence-electron chi connectivity index (χ3n) is 4.54. The summed E-state index contributed by atoms with van der Waals surface area (Å²) in [6, 6.07) is 16.5. The molecule has 0 unspecified atom stereocenters. The maximum atomic E-state index is 5.51. The first-order chi connectivity index (χ1) is 12.7. The van der Waals surface area contributed by atoms with Gasteiger partial charge in [0.2, 0.25) is 0 Å². The van der Waals surface area contributed by atoms with Gasteiger partial charge < -0.3 is 9.30 Å². The lowest BCUT2D eigenvalue weighted by Gasteiger charge is -2.20. The second-order valence-electron chi connectivity index (χ2n) is 6.17. The number of para-hydroxylation sites is 2. The van der Waals surface area contributed by atoms with Crippen molar-refractivity contribution in [2.24, 2.45) is 0 Å². The topological polar surface area (TPSA) is 30.3 Å². The first-order valence-corrected chi connectivity index (χ1v) is 9.33. The van der Waals surface area contributed by atoms with Gasteiger partial charge in [-0.15, -0.1) is 0 Å². The number of hydrogen-bond acceptors (Lipinski definition) is 3. The van der Waals surface area contributed by atoms with Crippen molar-refractivity contribution in [3.63, 3.8) is 0 Å². The standard InChI is InChI=1S/C22H27N3O/c1-4-24(5-2)17-25-21-10-8-7-9-20(21)23-22(25)16-13-18-11-14-19(15-12-18)26-6-3/h7-16H,4-6,17H2,1-3H3/b16-13+. The van der Waals surface area contributed by atoms with Crippen LogP contribution in [0.1, 0.15) is 32.2 Å². The fraction of sp³-hybridized carbons (Fsp3) is 0.318. The Morgan fingerprint density at radius 2 is 1.69 bits per heavy atom. The molecule has 0 aliphatic carbocycles. The minimum atomic E-state index is 0.685. The number of rotatable bonds is 8. The summed E-state index contributed by atoms with van der Waals surface area (Å²) in [5, 5.41) is 0. The van der Waals surface area contributed by atoms with Crippen molar-refractivity contribution in [1.82, 2.24) is 14.5 Å². The fourth-order valence-electron chi connectivity index (χ4n) is 3.01. The van der Waals surface area contributed by atoms with Crippen LogP contribution in [-0.2, 0) is 6.67 Å². The van der Waals surface area contributed by atoms with Gasteiger partial charge in [0.25, 0.3) is 0 Å². The molecule has 0 radical (unpaired) electrons. The Hall–Kier alpha value is -2.59. The maximum Gasteiger partial charge on any atom is 0.134 e. The summed E-state index contributed by atoms with van der Waals surface area (Å²) < 4.78 is 7.79. The third-order valence-corrected chi connectivity index (χ3v) is 4.54. The van der Waals surface area contributed by atoms with Gasteiger partial charge in [0, 0.05) is 0 Å². The summed E-state index contributed by atoms with van der Waals surface area (Å²) in [5.74, 6) is 1.88. The van der Waals surface area contributed by atoms with E-state index in [0.717, 1.165) is 42.4 Å². The van der Waals surface area contributed by atoms with Crippen LogP contribution in [0.5, 0.6) is 5.75 Å². The van der Waals surface area contributed by atoms with Crippen LogP contribution in [0.15, 0.2) is 48.5 Å². The molecule has 0 atom stereocenters. The van der Waals surface area contributed by atoms with Crippen molar-refractivity contribution in [2.45, 2.75) is 27.4 Å². The van der Waals surface area contributed by atoms with E-state index >= 15 is 0 Å². The molecule has 4 nitrogen and oxygen atoms in total. The smallest absolute Gasteiger partial charge is 0.134 e. The van der Waals surface area contributed by atoms with Crippen LogP contribution in [0.2, 0.25) is 0 Å². The monoisotopic (exact) mass is 349 g/mol. The molecule has 2 aromatic carbocycles. The largest absolute Gasteiger partial charge is 0.494 e. The highest BCUT2D eigenvalue weighted by molar-refractivity contribution is 5.79. The summed E-state index contributed by atoms with van der Waals surface area (Å²) in [5.41, 5.74) is 3.34. The molecule has 3 aromatic rings. The zero-order chi connectivity index (χ0) is 18.4. The summed E-state index contributed by atoms with van der Waals surface area (Å²) in [7, 11) is 0. The molecule has 0 aliphatic heterocycles. The van der Waals surface area contributed by atoms with E-state index in [9.17, 15) is 0 Å². The highest BCUT2D eigenvalue weighted by atomic mass is 16.5. The van der Waals surface area contributed by atoms with Gasteiger partial charge in [-0.1, -0.05) is 44.2 Å². The Kier molecular flexibility index (Phi) is 6.08. The number of hydrogen-bond donors (Lipinski definition) is 0. The summed E-state index contributed by atoms with van der Waals surface area (Å²) in [6.07, 6.45) is 4.20. The van der Waals surface area contributed by atoms with Crippen molar-refractivity contribution in [3.05, 3.63) is 59.9 Å². The summed E-state index contributed by atoms with van der Waals surface area (Å²) >= 11 is 0. The molecular formula is C22H27N3O. The average molecular weight is 349 g/mol. The Bertz CT molecular complexity index is 861. The van der Waals surface area contributed by atoms with Gasteiger partial charge >= 0.3 is 0 Å². The number of nitrogens with zero attached hydrogens (tertiary/aromatic N) is 3. The molecule has 0 spiro atoms. The van der Waals surface area contributed by atoms with Crippen molar-refractivity contribution >= 4 is 23.2 Å². The molecule has 0 N–H and O–H groups in total. The lowest BCUT2D eigenvalue weighted by Crippen LogP contribution is -2.26. The molecule has 0 bridgehead atoms. The van der Waals surface area contributed by atoms with Gasteiger partial charge in [0.05, 0.1) is 24.3 Å². The average Bonchev–Trinajstić information content (AvgIpc) is 3.03. The van der Waals surface area contributed by atoms with Crippen molar-refractivity contribution in [3.8, 4) is 5.75 Å². The quantitative estimate of drug-likeness (QED) is 0.579. The Labute approximate surface area is 155 Å². The zero-order valence-corrected chi connectivity index (χ0v) is 15.9. The molecule has 0 aliphatic rings. The molecular weight excluding hydrogens is 322 g/mol. The highest BCUT2D eigenvalue weighted by Crippen LogP contribution is 2.19.